The van der Waals surface area contributed by atoms with Crippen LogP contribution in [0, 0.1) is 17.1 Å². The summed E-state index contributed by atoms with van der Waals surface area (Å²) in [5, 5.41) is 11.5. The molecule has 21 heavy (non-hydrogen) atoms. The number of halogens is 1. The van der Waals surface area contributed by atoms with Crippen molar-refractivity contribution < 1.29 is 13.9 Å². The number of nitrogens with zero attached hydrogens (tertiary/aromatic N) is 1. The van der Waals surface area contributed by atoms with E-state index in [-0.39, 0.29) is 0 Å². The molecule has 2 aromatic rings. The second kappa shape index (κ2) is 6.53. The molecule has 0 radical (unpaired) electrons. The molecule has 0 fully saturated rings. The van der Waals surface area contributed by atoms with Gasteiger partial charge in [-0.2, -0.15) is 5.26 Å². The molecule has 0 aliphatic carbocycles. The maximum atomic E-state index is 13.0. The van der Waals surface area contributed by atoms with Crippen molar-refractivity contribution in [3.8, 4) is 11.8 Å². The van der Waals surface area contributed by atoms with Gasteiger partial charge in [0.05, 0.1) is 5.56 Å². The highest BCUT2D eigenvalue weighted by Crippen LogP contribution is 2.18. The zero-order valence-electron chi connectivity index (χ0n) is 11.3. The van der Waals surface area contributed by atoms with Crippen LogP contribution >= 0.6 is 0 Å². The Kier molecular flexibility index (Phi) is 4.52. The third-order valence-corrected chi connectivity index (χ3v) is 2.77. The molecule has 106 valence electrons. The van der Waals surface area contributed by atoms with Crippen molar-refractivity contribution >= 4 is 11.6 Å². The van der Waals surface area contributed by atoms with Gasteiger partial charge in [0.1, 0.15) is 17.6 Å². The largest absolute Gasteiger partial charge is 0.480 e. The first kappa shape index (κ1) is 14.5. The minimum absolute atomic E-state index is 0.335. The summed E-state index contributed by atoms with van der Waals surface area (Å²) in [5.74, 6) is -0.522. The molecule has 0 saturated heterocycles. The Balaban J connectivity index is 2.05. The zero-order chi connectivity index (χ0) is 15.2. The van der Waals surface area contributed by atoms with Crippen LogP contribution in [0.25, 0.3) is 0 Å². The standard InChI is InChI=1S/C16H13FN2O2/c1-11(21-15-8-3-2-5-12(15)10-18)16(20)19-14-7-4-6-13(17)9-14/h2-9,11H,1H3,(H,19,20). The van der Waals surface area contributed by atoms with Crippen LogP contribution in [0.2, 0.25) is 0 Å². The Morgan fingerprint density at radius 2 is 2.05 bits per heavy atom. The Morgan fingerprint density at radius 3 is 2.76 bits per heavy atom. The molecule has 0 aliphatic rings. The lowest BCUT2D eigenvalue weighted by Crippen LogP contribution is -2.30. The van der Waals surface area contributed by atoms with Crippen molar-refractivity contribution in [2.24, 2.45) is 0 Å². The second-order valence-electron chi connectivity index (χ2n) is 4.37. The normalized spacial score (nSPS) is 11.3. The van der Waals surface area contributed by atoms with Gasteiger partial charge in [0, 0.05) is 5.69 Å². The Bertz CT molecular complexity index is 695. The fraction of sp³-hybridized carbons (Fsp3) is 0.125. The number of para-hydroxylation sites is 1. The summed E-state index contributed by atoms with van der Waals surface area (Å²) >= 11 is 0. The van der Waals surface area contributed by atoms with E-state index in [0.29, 0.717) is 17.0 Å². The Morgan fingerprint density at radius 1 is 1.29 bits per heavy atom. The maximum Gasteiger partial charge on any atom is 0.265 e. The molecule has 1 atom stereocenters. The molecule has 5 heteroatoms. The number of nitrogens with one attached hydrogen (secondary N) is 1. The first-order valence-electron chi connectivity index (χ1n) is 6.32. The number of amides is 1. The average Bonchev–Trinajstić information content (AvgIpc) is 2.47. The highest BCUT2D eigenvalue weighted by Gasteiger charge is 2.16. The summed E-state index contributed by atoms with van der Waals surface area (Å²) in [4.78, 5) is 12.0. The topological polar surface area (TPSA) is 62.1 Å². The first-order valence-corrected chi connectivity index (χ1v) is 6.32. The van der Waals surface area contributed by atoms with Crippen molar-refractivity contribution in [2.75, 3.05) is 5.32 Å². The van der Waals surface area contributed by atoms with Gasteiger partial charge < -0.3 is 10.1 Å². The van der Waals surface area contributed by atoms with E-state index in [1.165, 1.54) is 18.2 Å². The van der Waals surface area contributed by atoms with Crippen LogP contribution in [-0.2, 0) is 4.79 Å². The summed E-state index contributed by atoms with van der Waals surface area (Å²) in [6.45, 7) is 1.56. The van der Waals surface area contributed by atoms with E-state index in [4.69, 9.17) is 10.00 Å². The number of carbonyl (C=O) groups is 1. The van der Waals surface area contributed by atoms with Crippen molar-refractivity contribution in [2.45, 2.75) is 13.0 Å². The Hall–Kier alpha value is -2.87. The summed E-state index contributed by atoms with van der Waals surface area (Å²) < 4.78 is 18.5. The van der Waals surface area contributed by atoms with Crippen molar-refractivity contribution in [3.63, 3.8) is 0 Å². The summed E-state index contributed by atoms with van der Waals surface area (Å²) in [6, 6.07) is 14.2. The lowest BCUT2D eigenvalue weighted by molar-refractivity contribution is -0.122. The molecule has 0 heterocycles. The van der Waals surface area contributed by atoms with E-state index in [0.717, 1.165) is 0 Å². The van der Waals surface area contributed by atoms with Crippen LogP contribution in [0.5, 0.6) is 5.75 Å². The van der Waals surface area contributed by atoms with E-state index >= 15 is 0 Å². The summed E-state index contributed by atoms with van der Waals surface area (Å²) in [5.41, 5.74) is 0.701. The van der Waals surface area contributed by atoms with Crippen LogP contribution < -0.4 is 10.1 Å². The molecule has 0 saturated carbocycles. The van der Waals surface area contributed by atoms with Crippen molar-refractivity contribution in [1.82, 2.24) is 0 Å². The molecule has 0 bridgehead atoms. The predicted octanol–water partition coefficient (Wildman–Crippen LogP) is 3.10. The van der Waals surface area contributed by atoms with Crippen molar-refractivity contribution in [1.29, 1.82) is 5.26 Å². The molecular formula is C16H13FN2O2. The molecule has 0 aliphatic heterocycles. The number of hydrogen-bond donors (Lipinski definition) is 1. The summed E-state index contributed by atoms with van der Waals surface area (Å²) in [6.07, 6.45) is -0.817. The SMILES string of the molecule is CC(Oc1ccccc1C#N)C(=O)Nc1cccc(F)c1. The number of anilines is 1. The van der Waals surface area contributed by atoms with Gasteiger partial charge >= 0.3 is 0 Å². The highest BCUT2D eigenvalue weighted by molar-refractivity contribution is 5.94. The molecule has 1 unspecified atom stereocenters. The minimum atomic E-state index is -0.817. The van der Waals surface area contributed by atoms with Crippen LogP contribution in [0.3, 0.4) is 0 Å². The quantitative estimate of drug-likeness (QED) is 0.938. The fourth-order valence-electron chi connectivity index (χ4n) is 1.72. The molecule has 0 aromatic heterocycles. The predicted molar refractivity (Wildman–Crippen MR) is 76.3 cm³/mol. The van der Waals surface area contributed by atoms with Gasteiger partial charge in [0.2, 0.25) is 0 Å². The third kappa shape index (κ3) is 3.80. The maximum absolute atomic E-state index is 13.0. The zero-order valence-corrected chi connectivity index (χ0v) is 11.3. The van der Waals surface area contributed by atoms with Crippen LogP contribution in [-0.4, -0.2) is 12.0 Å². The van der Waals surface area contributed by atoms with Gasteiger partial charge in [-0.15, -0.1) is 0 Å². The summed E-state index contributed by atoms with van der Waals surface area (Å²) in [7, 11) is 0. The van der Waals surface area contributed by atoms with Crippen molar-refractivity contribution in [3.05, 3.63) is 59.9 Å². The van der Waals surface area contributed by atoms with Gasteiger partial charge in [-0.05, 0) is 37.3 Å². The molecular weight excluding hydrogens is 271 g/mol. The lowest BCUT2D eigenvalue weighted by Gasteiger charge is -2.15. The molecule has 2 aromatic carbocycles. The second-order valence-corrected chi connectivity index (χ2v) is 4.37. The smallest absolute Gasteiger partial charge is 0.265 e. The number of carbonyl (C=O) groups excluding carboxylic acids is 1. The van der Waals surface area contributed by atoms with E-state index in [1.54, 1.807) is 37.3 Å². The van der Waals surface area contributed by atoms with Crippen LogP contribution in [0.15, 0.2) is 48.5 Å². The number of rotatable bonds is 4. The lowest BCUT2D eigenvalue weighted by atomic mass is 10.2. The average molecular weight is 284 g/mol. The van der Waals surface area contributed by atoms with E-state index in [1.807, 2.05) is 6.07 Å². The monoisotopic (exact) mass is 284 g/mol. The molecule has 0 spiro atoms. The minimum Gasteiger partial charge on any atom is -0.480 e. The Labute approximate surface area is 121 Å². The van der Waals surface area contributed by atoms with E-state index in [9.17, 15) is 9.18 Å². The molecule has 2 rings (SSSR count). The number of benzene rings is 2. The third-order valence-electron chi connectivity index (χ3n) is 2.77. The number of nitriles is 1. The van der Waals surface area contributed by atoms with Gasteiger partial charge in [0.15, 0.2) is 6.10 Å². The highest BCUT2D eigenvalue weighted by atomic mass is 19.1. The van der Waals surface area contributed by atoms with E-state index < -0.39 is 17.8 Å². The van der Waals surface area contributed by atoms with Gasteiger partial charge in [0.25, 0.3) is 5.91 Å². The van der Waals surface area contributed by atoms with E-state index in [2.05, 4.69) is 5.32 Å². The molecule has 4 nitrogen and oxygen atoms in total. The first-order chi connectivity index (χ1) is 10.1. The van der Waals surface area contributed by atoms with Crippen LogP contribution in [0.1, 0.15) is 12.5 Å². The van der Waals surface area contributed by atoms with Gasteiger partial charge in [-0.1, -0.05) is 18.2 Å². The fourth-order valence-corrected chi connectivity index (χ4v) is 1.72. The van der Waals surface area contributed by atoms with Gasteiger partial charge in [-0.25, -0.2) is 4.39 Å². The molecule has 1 N–H and O–H groups in total. The molecule has 1 amide bonds. The van der Waals surface area contributed by atoms with Crippen LogP contribution in [0.4, 0.5) is 10.1 Å². The number of hydrogen-bond acceptors (Lipinski definition) is 3. The number of ether oxygens (including phenoxy) is 1. The van der Waals surface area contributed by atoms with Gasteiger partial charge in [-0.3, -0.25) is 4.79 Å².